The Balaban J connectivity index is 1.58. The van der Waals surface area contributed by atoms with Crippen LogP contribution in [0.15, 0.2) is 40.3 Å². The minimum Gasteiger partial charge on any atom is -0.287 e. The van der Waals surface area contributed by atoms with E-state index in [0.29, 0.717) is 28.2 Å². The number of rotatable bonds is 7. The molecule has 1 fully saturated rings. The third-order valence-electron chi connectivity index (χ3n) is 4.94. The fourth-order valence-electron chi connectivity index (χ4n) is 3.39. The van der Waals surface area contributed by atoms with E-state index in [1.165, 1.54) is 21.0 Å². The lowest BCUT2D eigenvalue weighted by molar-refractivity contribution is -0.141. The lowest BCUT2D eigenvalue weighted by atomic mass is 10.2. The number of halogens is 3. The Labute approximate surface area is 174 Å². The lowest BCUT2D eigenvalue weighted by Crippen LogP contribution is -2.24. The average molecular weight is 433 g/mol. The minimum atomic E-state index is -4.48. The molecule has 156 valence electrons. The Morgan fingerprint density at radius 3 is 2.70 bits per heavy atom. The molecule has 0 unspecified atom stereocenters. The monoisotopic (exact) mass is 433 g/mol. The van der Waals surface area contributed by atoms with Gasteiger partial charge in [-0.25, -0.2) is 4.98 Å². The summed E-state index contributed by atoms with van der Waals surface area (Å²) in [6, 6.07) is 10.1. The molecular formula is C20H18F3N5OS. The van der Waals surface area contributed by atoms with Crippen LogP contribution in [0.4, 0.5) is 13.2 Å². The molecule has 4 rings (SSSR count). The van der Waals surface area contributed by atoms with E-state index in [-0.39, 0.29) is 30.3 Å². The smallest absolute Gasteiger partial charge is 0.287 e. The zero-order valence-electron chi connectivity index (χ0n) is 15.9. The summed E-state index contributed by atoms with van der Waals surface area (Å²) in [6.07, 6.45) is -2.33. The number of aromatic nitrogens is 4. The Morgan fingerprint density at radius 1 is 1.23 bits per heavy atom. The maximum atomic E-state index is 13.1. The van der Waals surface area contributed by atoms with Crippen molar-refractivity contribution < 1.29 is 13.2 Å². The van der Waals surface area contributed by atoms with Crippen LogP contribution < -0.4 is 5.56 Å². The van der Waals surface area contributed by atoms with Crippen molar-refractivity contribution in [3.05, 3.63) is 52.1 Å². The van der Waals surface area contributed by atoms with Gasteiger partial charge in [-0.05, 0) is 37.5 Å². The molecule has 1 aliphatic rings. The number of hydrogen-bond acceptors (Lipinski definition) is 5. The van der Waals surface area contributed by atoms with Gasteiger partial charge in [0.1, 0.15) is 0 Å². The van der Waals surface area contributed by atoms with Gasteiger partial charge in [0.15, 0.2) is 10.9 Å². The van der Waals surface area contributed by atoms with Crippen molar-refractivity contribution in [1.82, 2.24) is 19.3 Å². The first-order valence-electron chi connectivity index (χ1n) is 9.52. The van der Waals surface area contributed by atoms with E-state index in [1.54, 1.807) is 24.3 Å². The first kappa shape index (κ1) is 20.5. The molecule has 1 aliphatic carbocycles. The zero-order chi connectivity index (χ0) is 21.3. The number of para-hydroxylation sites is 1. The van der Waals surface area contributed by atoms with Crippen LogP contribution in [0.1, 0.15) is 36.6 Å². The van der Waals surface area contributed by atoms with Gasteiger partial charge in [-0.1, -0.05) is 23.9 Å². The third kappa shape index (κ3) is 4.21. The zero-order valence-corrected chi connectivity index (χ0v) is 16.7. The highest BCUT2D eigenvalue weighted by molar-refractivity contribution is 7.99. The Kier molecular flexibility index (Phi) is 5.56. The van der Waals surface area contributed by atoms with Crippen molar-refractivity contribution in [2.45, 2.75) is 49.6 Å². The molecule has 0 N–H and O–H groups in total. The molecule has 0 aliphatic heterocycles. The number of hydrogen-bond donors (Lipinski definition) is 0. The maximum Gasteiger partial charge on any atom is 0.435 e. The molecule has 0 bridgehead atoms. The number of benzene rings is 1. The fraction of sp³-hybridized carbons (Fsp3) is 0.400. The first-order chi connectivity index (χ1) is 14.4. The summed E-state index contributed by atoms with van der Waals surface area (Å²) in [6.45, 7) is 0.541. The number of nitriles is 1. The van der Waals surface area contributed by atoms with Crippen molar-refractivity contribution in [3.8, 4) is 6.07 Å². The van der Waals surface area contributed by atoms with Crippen molar-refractivity contribution in [2.24, 2.45) is 0 Å². The van der Waals surface area contributed by atoms with E-state index in [1.807, 2.05) is 6.07 Å². The topological polar surface area (TPSA) is 76.5 Å². The van der Waals surface area contributed by atoms with Gasteiger partial charge in [0.2, 0.25) is 0 Å². The lowest BCUT2D eigenvalue weighted by Gasteiger charge is -2.13. The normalized spacial score (nSPS) is 14.2. The highest BCUT2D eigenvalue weighted by Gasteiger charge is 2.37. The van der Waals surface area contributed by atoms with Crippen LogP contribution in [0, 0.1) is 11.3 Å². The summed E-state index contributed by atoms with van der Waals surface area (Å²) in [7, 11) is 0. The first-order valence-corrected chi connectivity index (χ1v) is 10.5. The molecule has 3 aromatic rings. The Bertz CT molecular complexity index is 1170. The summed E-state index contributed by atoms with van der Waals surface area (Å²) >= 11 is 1.17. The third-order valence-corrected chi connectivity index (χ3v) is 5.78. The van der Waals surface area contributed by atoms with Gasteiger partial charge in [-0.2, -0.15) is 23.5 Å². The number of thioether (sulfide) groups is 1. The van der Waals surface area contributed by atoms with Crippen LogP contribution >= 0.6 is 11.8 Å². The molecule has 2 aromatic heterocycles. The van der Waals surface area contributed by atoms with E-state index >= 15 is 0 Å². The van der Waals surface area contributed by atoms with Crippen LogP contribution in [-0.2, 0) is 19.3 Å². The van der Waals surface area contributed by atoms with Gasteiger partial charge < -0.3 is 0 Å². The van der Waals surface area contributed by atoms with Gasteiger partial charge in [-0.3, -0.25) is 14.0 Å². The molecule has 2 heterocycles. The van der Waals surface area contributed by atoms with Crippen LogP contribution in [0.5, 0.6) is 0 Å². The quantitative estimate of drug-likeness (QED) is 0.412. The number of fused-ring (bicyclic) bond motifs is 1. The van der Waals surface area contributed by atoms with Gasteiger partial charge in [0, 0.05) is 24.7 Å². The highest BCUT2D eigenvalue weighted by Crippen LogP contribution is 2.42. The van der Waals surface area contributed by atoms with Gasteiger partial charge in [0.05, 0.1) is 22.7 Å². The molecule has 0 radical (unpaired) electrons. The minimum absolute atomic E-state index is 0.125. The second kappa shape index (κ2) is 8.14. The summed E-state index contributed by atoms with van der Waals surface area (Å²) in [4.78, 5) is 17.4. The molecule has 6 nitrogen and oxygen atoms in total. The second-order valence-electron chi connectivity index (χ2n) is 7.12. The average Bonchev–Trinajstić information content (AvgIpc) is 3.46. The SMILES string of the molecule is N#CCSc1nc2ccccc2c(=O)n1CCCn1nc(C(F)(F)F)cc1C1CC1. The predicted octanol–water partition coefficient (Wildman–Crippen LogP) is 4.20. The molecule has 10 heteroatoms. The van der Waals surface area contributed by atoms with Gasteiger partial charge in [0.25, 0.3) is 5.56 Å². The van der Waals surface area contributed by atoms with E-state index in [4.69, 9.17) is 5.26 Å². The maximum absolute atomic E-state index is 13.1. The number of alkyl halides is 3. The molecule has 0 amide bonds. The molecule has 0 spiro atoms. The van der Waals surface area contributed by atoms with E-state index in [2.05, 4.69) is 10.1 Å². The molecular weight excluding hydrogens is 415 g/mol. The molecule has 0 atom stereocenters. The highest BCUT2D eigenvalue weighted by atomic mass is 32.2. The molecule has 0 saturated heterocycles. The van der Waals surface area contributed by atoms with E-state index in [0.717, 1.165) is 18.9 Å². The summed E-state index contributed by atoms with van der Waals surface area (Å²) in [5.41, 5.74) is 0.0570. The molecule has 30 heavy (non-hydrogen) atoms. The van der Waals surface area contributed by atoms with Gasteiger partial charge in [-0.15, -0.1) is 0 Å². The fourth-order valence-corrected chi connectivity index (χ4v) is 4.07. The number of aryl methyl sites for hydroxylation is 1. The van der Waals surface area contributed by atoms with E-state index < -0.39 is 11.9 Å². The van der Waals surface area contributed by atoms with Crippen molar-refractivity contribution in [2.75, 3.05) is 5.75 Å². The van der Waals surface area contributed by atoms with Crippen molar-refractivity contribution >= 4 is 22.7 Å². The summed E-state index contributed by atoms with van der Waals surface area (Å²) in [5, 5.41) is 13.5. The predicted molar refractivity (Wildman–Crippen MR) is 106 cm³/mol. The second-order valence-corrected chi connectivity index (χ2v) is 8.06. The van der Waals surface area contributed by atoms with E-state index in [9.17, 15) is 18.0 Å². The summed E-state index contributed by atoms with van der Waals surface area (Å²) < 4.78 is 42.1. The Hall–Kier alpha value is -2.80. The van der Waals surface area contributed by atoms with Crippen LogP contribution in [0.3, 0.4) is 0 Å². The molecule has 1 aromatic carbocycles. The standard InChI is InChI=1S/C20H18F3N5OS/c21-20(22,23)17-12-16(13-6-7-13)28(26-17)10-3-9-27-18(29)14-4-1-2-5-15(14)25-19(27)30-11-8-24/h1-2,4-5,12-13H,3,6-7,9-11H2. The van der Waals surface area contributed by atoms with Crippen molar-refractivity contribution in [1.29, 1.82) is 5.26 Å². The van der Waals surface area contributed by atoms with Crippen LogP contribution in [0.2, 0.25) is 0 Å². The van der Waals surface area contributed by atoms with Crippen molar-refractivity contribution in [3.63, 3.8) is 0 Å². The molecule has 1 saturated carbocycles. The van der Waals surface area contributed by atoms with Crippen LogP contribution in [0.25, 0.3) is 10.9 Å². The van der Waals surface area contributed by atoms with Gasteiger partial charge >= 0.3 is 6.18 Å². The number of nitrogens with zero attached hydrogens (tertiary/aromatic N) is 5. The van der Waals surface area contributed by atoms with Crippen LogP contribution in [-0.4, -0.2) is 25.1 Å². The Morgan fingerprint density at radius 2 is 2.00 bits per heavy atom. The largest absolute Gasteiger partial charge is 0.435 e. The summed E-state index contributed by atoms with van der Waals surface area (Å²) in [5.74, 6) is 0.269.